The molecule has 168 valence electrons. The van der Waals surface area contributed by atoms with Crippen molar-refractivity contribution in [1.82, 2.24) is 4.90 Å². The molecule has 0 saturated carbocycles. The number of amides is 1. The molecule has 1 aliphatic heterocycles. The van der Waals surface area contributed by atoms with Crippen LogP contribution >= 0.6 is 11.8 Å². The van der Waals surface area contributed by atoms with Gasteiger partial charge in [0.1, 0.15) is 5.75 Å². The van der Waals surface area contributed by atoms with Crippen LogP contribution in [0, 0.1) is 6.92 Å². The third-order valence-electron chi connectivity index (χ3n) is 5.13. The summed E-state index contributed by atoms with van der Waals surface area (Å²) >= 11 is 1.33. The van der Waals surface area contributed by atoms with E-state index in [1.807, 2.05) is 19.1 Å². The second-order valence-electron chi connectivity index (χ2n) is 7.74. The van der Waals surface area contributed by atoms with Gasteiger partial charge in [0, 0.05) is 7.05 Å². The van der Waals surface area contributed by atoms with Crippen molar-refractivity contribution in [2.75, 3.05) is 20.8 Å². The maximum Gasteiger partial charge on any atom is 0.338 e. The van der Waals surface area contributed by atoms with Crippen LogP contribution in [-0.4, -0.2) is 42.7 Å². The summed E-state index contributed by atoms with van der Waals surface area (Å²) in [6, 6.07) is 10.9. The van der Waals surface area contributed by atoms with Crippen molar-refractivity contribution in [3.63, 3.8) is 0 Å². The van der Waals surface area contributed by atoms with Crippen molar-refractivity contribution in [3.8, 4) is 5.75 Å². The van der Waals surface area contributed by atoms with Crippen molar-refractivity contribution in [3.05, 3.63) is 63.6 Å². The minimum Gasteiger partial charge on any atom is -0.496 e. The number of aliphatic imine (C=N–C) groups is 1. The third-order valence-corrected chi connectivity index (χ3v) is 6.19. The molecule has 0 N–H and O–H groups in total. The molecule has 1 fully saturated rings. The van der Waals surface area contributed by atoms with E-state index in [2.05, 4.69) is 24.9 Å². The molecule has 6 nitrogen and oxygen atoms in total. The van der Waals surface area contributed by atoms with Gasteiger partial charge in [0.2, 0.25) is 0 Å². The number of hydrogen-bond donors (Lipinski definition) is 0. The summed E-state index contributed by atoms with van der Waals surface area (Å²) in [7, 11) is 3.38. The molecule has 1 saturated heterocycles. The summed E-state index contributed by atoms with van der Waals surface area (Å²) in [4.78, 5) is 31.4. The van der Waals surface area contributed by atoms with Gasteiger partial charge in [-0.2, -0.15) is 0 Å². The molecule has 2 aromatic carbocycles. The fourth-order valence-electron chi connectivity index (χ4n) is 3.29. The SMILES string of the molecule is CCOC(=O)c1ccc(N=C2SC(=Cc3cc(C(C)C)c(OC)cc3C)C(=O)N2C)cc1. The predicted octanol–water partition coefficient (Wildman–Crippen LogP) is 5.54. The zero-order chi connectivity index (χ0) is 23.4. The number of carbonyl (C=O) groups excluding carboxylic acids is 2. The maximum atomic E-state index is 12.8. The quantitative estimate of drug-likeness (QED) is 0.425. The first-order valence-electron chi connectivity index (χ1n) is 10.5. The Morgan fingerprint density at radius 1 is 1.22 bits per heavy atom. The minimum atomic E-state index is -0.366. The van der Waals surface area contributed by atoms with Gasteiger partial charge in [-0.1, -0.05) is 13.8 Å². The Balaban J connectivity index is 1.88. The summed E-state index contributed by atoms with van der Waals surface area (Å²) in [5, 5.41) is 0.584. The van der Waals surface area contributed by atoms with E-state index in [-0.39, 0.29) is 11.9 Å². The van der Waals surface area contributed by atoms with Crippen LogP contribution in [0.5, 0.6) is 5.75 Å². The highest BCUT2D eigenvalue weighted by molar-refractivity contribution is 8.18. The summed E-state index contributed by atoms with van der Waals surface area (Å²) in [6.07, 6.45) is 1.91. The molecule has 0 bridgehead atoms. The number of aryl methyl sites for hydroxylation is 1. The van der Waals surface area contributed by atoms with E-state index in [1.165, 1.54) is 16.7 Å². The van der Waals surface area contributed by atoms with Crippen molar-refractivity contribution in [2.24, 2.45) is 4.99 Å². The van der Waals surface area contributed by atoms with Gasteiger partial charge < -0.3 is 9.47 Å². The van der Waals surface area contributed by atoms with E-state index < -0.39 is 0 Å². The average Bonchev–Trinajstić information content (AvgIpc) is 3.03. The number of carbonyl (C=O) groups is 2. The molecule has 1 amide bonds. The molecule has 0 aromatic heterocycles. The smallest absolute Gasteiger partial charge is 0.338 e. The minimum absolute atomic E-state index is 0.0989. The van der Waals surface area contributed by atoms with E-state index >= 15 is 0 Å². The highest BCUT2D eigenvalue weighted by atomic mass is 32.2. The van der Waals surface area contributed by atoms with Gasteiger partial charge in [-0.25, -0.2) is 9.79 Å². The number of ether oxygens (including phenoxy) is 2. The molecule has 1 aliphatic rings. The molecule has 7 heteroatoms. The summed E-state index contributed by atoms with van der Waals surface area (Å²) in [6.45, 7) is 8.34. The van der Waals surface area contributed by atoms with Crippen molar-refractivity contribution < 1.29 is 19.1 Å². The molecule has 0 radical (unpaired) electrons. The van der Waals surface area contributed by atoms with Crippen LogP contribution in [0.3, 0.4) is 0 Å². The van der Waals surface area contributed by atoms with Gasteiger partial charge in [-0.3, -0.25) is 9.69 Å². The lowest BCUT2D eigenvalue weighted by Crippen LogP contribution is -2.23. The summed E-state index contributed by atoms with van der Waals surface area (Å²) in [5.41, 5.74) is 4.25. The molecular weight excluding hydrogens is 424 g/mol. The van der Waals surface area contributed by atoms with Crippen LogP contribution in [-0.2, 0) is 9.53 Å². The molecule has 0 unspecified atom stereocenters. The van der Waals surface area contributed by atoms with Crippen molar-refractivity contribution in [2.45, 2.75) is 33.6 Å². The number of benzene rings is 2. The number of likely N-dealkylation sites (N-methyl/N-ethyl adjacent to an activating group) is 1. The Bertz CT molecular complexity index is 1090. The summed E-state index contributed by atoms with van der Waals surface area (Å²) in [5.74, 6) is 0.691. The van der Waals surface area contributed by atoms with E-state index in [0.717, 1.165) is 22.4 Å². The number of methoxy groups -OCH3 is 1. The number of nitrogens with zero attached hydrogens (tertiary/aromatic N) is 2. The predicted molar refractivity (Wildman–Crippen MR) is 130 cm³/mol. The largest absolute Gasteiger partial charge is 0.496 e. The fraction of sp³-hybridized carbons (Fsp3) is 0.320. The third kappa shape index (κ3) is 5.05. The molecule has 2 aromatic rings. The second kappa shape index (κ2) is 10.0. The first-order chi connectivity index (χ1) is 15.2. The Labute approximate surface area is 193 Å². The van der Waals surface area contributed by atoms with Crippen LogP contribution in [0.4, 0.5) is 5.69 Å². The molecule has 3 rings (SSSR count). The monoisotopic (exact) mass is 452 g/mol. The number of thioether (sulfide) groups is 1. The normalized spacial score (nSPS) is 16.3. The highest BCUT2D eigenvalue weighted by Crippen LogP contribution is 2.36. The Hall–Kier alpha value is -3.06. The number of esters is 1. The first-order valence-corrected chi connectivity index (χ1v) is 11.3. The molecular formula is C25H28N2O4S. The lowest BCUT2D eigenvalue weighted by molar-refractivity contribution is -0.121. The summed E-state index contributed by atoms with van der Waals surface area (Å²) < 4.78 is 10.5. The second-order valence-corrected chi connectivity index (χ2v) is 8.75. The van der Waals surface area contributed by atoms with Gasteiger partial charge in [0.25, 0.3) is 5.91 Å². The molecule has 32 heavy (non-hydrogen) atoms. The number of rotatable bonds is 6. The fourth-order valence-corrected chi connectivity index (χ4v) is 4.27. The Morgan fingerprint density at radius 3 is 2.50 bits per heavy atom. The zero-order valence-electron chi connectivity index (χ0n) is 19.3. The van der Waals surface area contributed by atoms with Gasteiger partial charge in [-0.05, 0) is 90.7 Å². The maximum absolute atomic E-state index is 12.8. The van der Waals surface area contributed by atoms with Gasteiger partial charge in [0.15, 0.2) is 5.17 Å². The van der Waals surface area contributed by atoms with Gasteiger partial charge in [-0.15, -0.1) is 0 Å². The molecule has 0 aliphatic carbocycles. The number of hydrogen-bond acceptors (Lipinski definition) is 6. The van der Waals surface area contributed by atoms with Gasteiger partial charge in [0.05, 0.1) is 29.9 Å². The molecule has 0 atom stereocenters. The highest BCUT2D eigenvalue weighted by Gasteiger charge is 2.30. The number of amidine groups is 1. The lowest BCUT2D eigenvalue weighted by atomic mass is 9.96. The zero-order valence-corrected chi connectivity index (χ0v) is 20.1. The Kier molecular flexibility index (Phi) is 7.40. The topological polar surface area (TPSA) is 68.2 Å². The first kappa shape index (κ1) is 23.6. The van der Waals surface area contributed by atoms with E-state index in [0.29, 0.717) is 33.8 Å². The van der Waals surface area contributed by atoms with Crippen LogP contribution in [0.2, 0.25) is 0 Å². The average molecular weight is 453 g/mol. The van der Waals surface area contributed by atoms with Crippen molar-refractivity contribution >= 4 is 40.6 Å². The van der Waals surface area contributed by atoms with Crippen LogP contribution in [0.1, 0.15) is 53.7 Å². The van der Waals surface area contributed by atoms with E-state index in [4.69, 9.17) is 9.47 Å². The van der Waals surface area contributed by atoms with E-state index in [1.54, 1.807) is 45.3 Å². The lowest BCUT2D eigenvalue weighted by Gasteiger charge is -2.14. The van der Waals surface area contributed by atoms with Crippen LogP contribution in [0.15, 0.2) is 46.3 Å². The van der Waals surface area contributed by atoms with Crippen molar-refractivity contribution in [1.29, 1.82) is 0 Å². The van der Waals surface area contributed by atoms with Gasteiger partial charge >= 0.3 is 5.97 Å². The standard InChI is InChI=1S/C25H28N2O4S/c1-7-31-24(29)17-8-10-19(11-9-17)26-25-27(5)23(28)22(32-25)14-18-13-20(15(2)3)21(30-6)12-16(18)4/h8-15H,7H2,1-6H3. The molecule has 0 spiro atoms. The van der Waals surface area contributed by atoms with E-state index in [9.17, 15) is 9.59 Å². The van der Waals surface area contributed by atoms with Crippen LogP contribution < -0.4 is 4.74 Å². The van der Waals surface area contributed by atoms with Crippen LogP contribution in [0.25, 0.3) is 6.08 Å². The Morgan fingerprint density at radius 2 is 1.91 bits per heavy atom. The molecule has 1 heterocycles.